The van der Waals surface area contributed by atoms with Gasteiger partial charge >= 0.3 is 0 Å². The first-order valence-corrected chi connectivity index (χ1v) is 17.1. The summed E-state index contributed by atoms with van der Waals surface area (Å²) in [5.41, 5.74) is 4.61. The summed E-state index contributed by atoms with van der Waals surface area (Å²) in [4.78, 5) is 14.8. The summed E-state index contributed by atoms with van der Waals surface area (Å²) in [5, 5.41) is 6.19. The molecule has 3 nitrogen and oxygen atoms in total. The normalized spacial score (nSPS) is 13.1. The second kappa shape index (κ2) is 12.4. The van der Waals surface area contributed by atoms with Gasteiger partial charge in [-0.15, -0.1) is 0 Å². The molecule has 0 saturated heterocycles. The monoisotopic (exact) mass is 667 g/mol. The third-order valence-electron chi connectivity index (χ3n) is 9.59. The van der Waals surface area contributed by atoms with Crippen molar-refractivity contribution in [1.82, 2.24) is 15.0 Å². The zero-order chi connectivity index (χ0) is 39.7. The van der Waals surface area contributed by atoms with Gasteiger partial charge in [-0.1, -0.05) is 164 Å². The first-order valence-electron chi connectivity index (χ1n) is 20.1. The van der Waals surface area contributed by atoms with E-state index in [9.17, 15) is 2.74 Å². The number of fused-ring (bicyclic) bond motifs is 4. The van der Waals surface area contributed by atoms with Gasteiger partial charge in [0.25, 0.3) is 0 Å². The summed E-state index contributed by atoms with van der Waals surface area (Å²) in [6.07, 6.45) is 0. The van der Waals surface area contributed by atoms with Crippen LogP contribution in [0.5, 0.6) is 0 Å². The van der Waals surface area contributed by atoms with Crippen molar-refractivity contribution in [3.8, 4) is 56.4 Å². The predicted molar refractivity (Wildman–Crippen MR) is 217 cm³/mol. The number of rotatable bonds is 5. The zero-order valence-electron chi connectivity index (χ0n) is 33.8. The molecule has 0 aliphatic carbocycles. The lowest BCUT2D eigenvalue weighted by molar-refractivity contribution is 1.08. The summed E-state index contributed by atoms with van der Waals surface area (Å²) in [6, 6.07) is 48.0. The van der Waals surface area contributed by atoms with Crippen molar-refractivity contribution >= 4 is 43.1 Å². The van der Waals surface area contributed by atoms with Gasteiger partial charge in [0.2, 0.25) is 0 Å². The molecule has 10 rings (SSSR count). The van der Waals surface area contributed by atoms with Crippen LogP contribution in [0.4, 0.5) is 0 Å². The van der Waals surface area contributed by atoms with E-state index in [1.54, 1.807) is 0 Å². The average molecular weight is 668 g/mol. The molecule has 0 aliphatic rings. The van der Waals surface area contributed by atoms with Crippen molar-refractivity contribution in [3.63, 3.8) is 0 Å². The number of hydrogen-bond donors (Lipinski definition) is 0. The Balaban J connectivity index is 1.22. The van der Waals surface area contributed by atoms with Crippen molar-refractivity contribution in [2.24, 2.45) is 0 Å². The predicted octanol–water partition coefficient (Wildman–Crippen LogP) is 12.8. The van der Waals surface area contributed by atoms with Crippen LogP contribution < -0.4 is 0 Å². The molecular formula is C49H31N3. The molecule has 0 atom stereocenters. The molecule has 0 spiro atoms. The molecule has 0 fully saturated rings. The Bertz CT molecular complexity index is 3300. The molecule has 9 aromatic carbocycles. The second-order valence-corrected chi connectivity index (χ2v) is 12.8. The first-order chi connectivity index (χ1) is 28.3. The minimum Gasteiger partial charge on any atom is -0.208 e. The fraction of sp³-hybridized carbons (Fsp3) is 0. The lowest BCUT2D eigenvalue weighted by Gasteiger charge is -2.14. The highest BCUT2D eigenvalue weighted by Gasteiger charge is 2.16. The standard InChI is InChI=1S/C49H31N3/c1-2-14-34(15-3-1)47-50-48(39-27-25-35-28-38(26-24-36(35)29-39)43-22-10-17-32-12-4-7-19-41(32)43)52-49(51-47)40-30-37-16-6-9-21-44(37)46(31-40)45-23-11-18-33-13-5-8-20-42(33)45/h1-31H/i6D,9D,16D,21D,30D,31D. The van der Waals surface area contributed by atoms with Crippen LogP contribution in [0.25, 0.3) is 99.5 Å². The summed E-state index contributed by atoms with van der Waals surface area (Å²) in [5.74, 6) is 0.734. The molecule has 0 saturated carbocycles. The molecule has 52 heavy (non-hydrogen) atoms. The molecular weight excluding hydrogens is 631 g/mol. The Kier molecular flexibility index (Phi) is 5.78. The van der Waals surface area contributed by atoms with E-state index in [0.717, 1.165) is 32.7 Å². The van der Waals surface area contributed by atoms with Gasteiger partial charge in [-0.2, -0.15) is 0 Å². The molecule has 0 bridgehead atoms. The van der Waals surface area contributed by atoms with Crippen LogP contribution in [-0.2, 0) is 0 Å². The van der Waals surface area contributed by atoms with E-state index in [4.69, 9.17) is 20.4 Å². The van der Waals surface area contributed by atoms with Crippen LogP contribution in [0.2, 0.25) is 0 Å². The molecule has 1 aromatic heterocycles. The van der Waals surface area contributed by atoms with E-state index in [0.29, 0.717) is 28.3 Å². The van der Waals surface area contributed by atoms with Gasteiger partial charge in [0, 0.05) is 16.7 Å². The number of hydrogen-bond acceptors (Lipinski definition) is 3. The van der Waals surface area contributed by atoms with Crippen molar-refractivity contribution < 1.29 is 8.22 Å². The number of aromatic nitrogens is 3. The Morgan fingerprint density at radius 1 is 0.327 bits per heavy atom. The zero-order valence-corrected chi connectivity index (χ0v) is 27.8. The van der Waals surface area contributed by atoms with Crippen molar-refractivity contribution in [2.45, 2.75) is 0 Å². The molecule has 242 valence electrons. The maximum atomic E-state index is 9.84. The molecule has 1 heterocycles. The summed E-state index contributed by atoms with van der Waals surface area (Å²) < 4.78 is 54.7. The molecule has 0 amide bonds. The van der Waals surface area contributed by atoms with Crippen LogP contribution >= 0.6 is 0 Å². The number of nitrogens with zero attached hydrogens (tertiary/aromatic N) is 3. The van der Waals surface area contributed by atoms with Crippen LogP contribution in [0.1, 0.15) is 8.22 Å². The molecule has 0 radical (unpaired) electrons. The van der Waals surface area contributed by atoms with E-state index in [2.05, 4.69) is 54.6 Å². The lowest BCUT2D eigenvalue weighted by atomic mass is 9.92. The third kappa shape index (κ3) is 5.28. The van der Waals surface area contributed by atoms with Gasteiger partial charge in [-0.25, -0.2) is 15.0 Å². The largest absolute Gasteiger partial charge is 0.208 e. The van der Waals surface area contributed by atoms with Gasteiger partial charge < -0.3 is 0 Å². The van der Waals surface area contributed by atoms with E-state index < -0.39 is 12.1 Å². The van der Waals surface area contributed by atoms with E-state index in [-0.39, 0.29) is 51.9 Å². The van der Waals surface area contributed by atoms with E-state index in [1.807, 2.05) is 97.1 Å². The summed E-state index contributed by atoms with van der Waals surface area (Å²) >= 11 is 0. The highest BCUT2D eigenvalue weighted by molar-refractivity contribution is 6.07. The second-order valence-electron chi connectivity index (χ2n) is 12.8. The molecule has 3 heteroatoms. The van der Waals surface area contributed by atoms with Gasteiger partial charge in [0.1, 0.15) is 0 Å². The molecule has 0 unspecified atom stereocenters. The van der Waals surface area contributed by atoms with Crippen molar-refractivity contribution in [1.29, 1.82) is 0 Å². The van der Waals surface area contributed by atoms with Crippen LogP contribution in [-0.4, -0.2) is 15.0 Å². The van der Waals surface area contributed by atoms with Crippen molar-refractivity contribution in [2.75, 3.05) is 0 Å². The first kappa shape index (κ1) is 24.2. The quantitative estimate of drug-likeness (QED) is 0.183. The van der Waals surface area contributed by atoms with E-state index in [1.165, 1.54) is 10.8 Å². The smallest absolute Gasteiger partial charge is 0.164 e. The van der Waals surface area contributed by atoms with Gasteiger partial charge in [-0.05, 0) is 89.6 Å². The minimum absolute atomic E-state index is 0.00383. The Morgan fingerprint density at radius 3 is 1.63 bits per heavy atom. The Hall–Kier alpha value is -6.97. The Morgan fingerprint density at radius 2 is 0.885 bits per heavy atom. The van der Waals surface area contributed by atoms with Gasteiger partial charge in [0.05, 0.1) is 8.22 Å². The molecule has 10 aromatic rings. The Labute approximate surface area is 310 Å². The van der Waals surface area contributed by atoms with Crippen molar-refractivity contribution in [3.05, 3.63) is 188 Å². The number of benzene rings is 9. The minimum atomic E-state index is -0.459. The summed E-state index contributed by atoms with van der Waals surface area (Å²) in [6.45, 7) is 0. The third-order valence-corrected chi connectivity index (χ3v) is 9.59. The maximum Gasteiger partial charge on any atom is 0.164 e. The fourth-order valence-corrected chi connectivity index (χ4v) is 7.06. The maximum absolute atomic E-state index is 9.84. The van der Waals surface area contributed by atoms with Gasteiger partial charge in [0.15, 0.2) is 17.5 Å². The topological polar surface area (TPSA) is 38.7 Å². The SMILES string of the molecule is [2H]c1c([2H])c([2H])c2c(-c3cccc4ccccc34)c([2H])c(-c3nc(-c4ccccc4)nc(-c4ccc5cc(-c6cccc7ccccc67)ccc5c4)n3)c([2H])c2c1[2H]. The van der Waals surface area contributed by atoms with Crippen LogP contribution in [0.15, 0.2) is 188 Å². The molecule has 0 aliphatic heterocycles. The molecule has 0 N–H and O–H groups in total. The highest BCUT2D eigenvalue weighted by Crippen LogP contribution is 2.38. The van der Waals surface area contributed by atoms with Gasteiger partial charge in [-0.3, -0.25) is 0 Å². The lowest BCUT2D eigenvalue weighted by Crippen LogP contribution is -2.00. The average Bonchev–Trinajstić information content (AvgIpc) is 3.27. The van der Waals surface area contributed by atoms with Crippen LogP contribution in [0.3, 0.4) is 0 Å². The highest BCUT2D eigenvalue weighted by atomic mass is 15.0. The van der Waals surface area contributed by atoms with Crippen LogP contribution in [0, 0.1) is 0 Å². The summed E-state index contributed by atoms with van der Waals surface area (Å²) in [7, 11) is 0. The fourth-order valence-electron chi connectivity index (χ4n) is 7.06. The van der Waals surface area contributed by atoms with E-state index >= 15 is 0 Å².